The van der Waals surface area contributed by atoms with Crippen molar-refractivity contribution in [3.8, 4) is 0 Å². The van der Waals surface area contributed by atoms with Gasteiger partial charge in [0.15, 0.2) is 0 Å². The summed E-state index contributed by atoms with van der Waals surface area (Å²) in [6.45, 7) is 1.67. The summed E-state index contributed by atoms with van der Waals surface area (Å²) in [7, 11) is -1.23. The molecule has 0 radical (unpaired) electrons. The molecule has 170 valence electrons. The summed E-state index contributed by atoms with van der Waals surface area (Å²) in [5, 5.41) is 14.0. The lowest BCUT2D eigenvalue weighted by Gasteiger charge is -2.42. The number of anilines is 2. The molecule has 0 aromatic carbocycles. The van der Waals surface area contributed by atoms with Crippen molar-refractivity contribution in [3.05, 3.63) is 41.6 Å². The van der Waals surface area contributed by atoms with E-state index in [9.17, 15) is 9.32 Å². The molecule has 10 heteroatoms. The highest BCUT2D eigenvalue weighted by atomic mass is 35.5. The van der Waals surface area contributed by atoms with Gasteiger partial charge in [-0.1, -0.05) is 11.6 Å². The van der Waals surface area contributed by atoms with Crippen LogP contribution >= 0.6 is 11.6 Å². The molecular weight excluding hydrogens is 448 g/mol. The Hall–Kier alpha value is -2.23. The molecule has 5 rings (SSSR count). The first-order valence-electron chi connectivity index (χ1n) is 11.0. The van der Waals surface area contributed by atoms with Crippen LogP contribution in [0.1, 0.15) is 43.8 Å². The maximum atomic E-state index is 12.7. The quantitative estimate of drug-likeness (QED) is 0.566. The van der Waals surface area contributed by atoms with Gasteiger partial charge in [0, 0.05) is 43.9 Å². The number of nitrogens with zero attached hydrogens (tertiary/aromatic N) is 5. The molecule has 0 amide bonds. The number of hydrogen-bond donors (Lipinski definition) is 2. The van der Waals surface area contributed by atoms with Gasteiger partial charge in [0.25, 0.3) is 0 Å². The molecule has 2 N–H and O–H groups in total. The van der Waals surface area contributed by atoms with E-state index in [0.717, 1.165) is 62.5 Å². The van der Waals surface area contributed by atoms with Crippen molar-refractivity contribution in [1.29, 1.82) is 0 Å². The Kier molecular flexibility index (Phi) is 5.81. The van der Waals surface area contributed by atoms with Crippen molar-refractivity contribution in [1.82, 2.24) is 19.4 Å². The van der Waals surface area contributed by atoms with Gasteiger partial charge in [0.2, 0.25) is 5.95 Å². The van der Waals surface area contributed by atoms with Crippen molar-refractivity contribution in [3.63, 3.8) is 0 Å². The topological polar surface area (TPSA) is 95.6 Å². The summed E-state index contributed by atoms with van der Waals surface area (Å²) in [6, 6.07) is 3.94. The fourth-order valence-corrected chi connectivity index (χ4v) is 5.63. The van der Waals surface area contributed by atoms with Crippen LogP contribution in [0.15, 0.2) is 35.6 Å². The molecule has 1 saturated heterocycles. The van der Waals surface area contributed by atoms with E-state index in [0.29, 0.717) is 15.7 Å². The molecule has 4 heterocycles. The van der Waals surface area contributed by atoms with Gasteiger partial charge < -0.3 is 15.3 Å². The highest BCUT2D eigenvalue weighted by Crippen LogP contribution is 2.38. The minimum absolute atomic E-state index is 0.0402. The van der Waals surface area contributed by atoms with Gasteiger partial charge in [-0.3, -0.25) is 8.61 Å². The first-order chi connectivity index (χ1) is 15.5. The van der Waals surface area contributed by atoms with Crippen molar-refractivity contribution in [2.24, 2.45) is 0 Å². The summed E-state index contributed by atoms with van der Waals surface area (Å²) >= 11 is 5.93. The second kappa shape index (κ2) is 8.61. The third-order valence-electron chi connectivity index (χ3n) is 6.69. The van der Waals surface area contributed by atoms with Crippen molar-refractivity contribution >= 4 is 39.7 Å². The Labute approximate surface area is 194 Å². The van der Waals surface area contributed by atoms with Gasteiger partial charge in [0.05, 0.1) is 33.5 Å². The van der Waals surface area contributed by atoms with E-state index in [1.807, 2.05) is 22.7 Å². The summed E-state index contributed by atoms with van der Waals surface area (Å²) < 4.78 is 14.7. The van der Waals surface area contributed by atoms with E-state index in [1.165, 1.54) is 0 Å². The third-order valence-corrected chi connectivity index (χ3v) is 7.86. The average Bonchev–Trinajstić information content (AvgIpc) is 3.25. The minimum Gasteiger partial charge on any atom is -0.394 e. The molecule has 0 bridgehead atoms. The molecule has 2 aliphatic rings. The lowest BCUT2D eigenvalue weighted by molar-refractivity contribution is 0.143. The number of aliphatic hydroxyl groups excluding tert-OH is 1. The van der Waals surface area contributed by atoms with E-state index in [-0.39, 0.29) is 18.1 Å². The SMILES string of the molecule is C[S@](=O)c1c(NC2(CO)CCC2)nc(N2CCC(c3ncc(Cl)cn3)CC2)n2cccc12. The lowest BCUT2D eigenvalue weighted by Crippen LogP contribution is -2.49. The highest BCUT2D eigenvalue weighted by molar-refractivity contribution is 7.84. The van der Waals surface area contributed by atoms with E-state index >= 15 is 0 Å². The van der Waals surface area contributed by atoms with Gasteiger partial charge in [-0.2, -0.15) is 4.98 Å². The monoisotopic (exact) mass is 474 g/mol. The molecule has 1 atom stereocenters. The molecule has 32 heavy (non-hydrogen) atoms. The molecule has 3 aromatic heterocycles. The van der Waals surface area contributed by atoms with Crippen LogP contribution in [-0.4, -0.2) is 60.2 Å². The van der Waals surface area contributed by atoms with Crippen molar-refractivity contribution in [2.75, 3.05) is 36.2 Å². The van der Waals surface area contributed by atoms with Gasteiger partial charge in [-0.05, 0) is 44.2 Å². The molecule has 8 nitrogen and oxygen atoms in total. The number of aromatic nitrogens is 4. The number of hydrogen-bond acceptors (Lipinski definition) is 7. The molecule has 2 fully saturated rings. The standard InChI is InChI=1S/C22H27ClN6O2S/c1-32(31)18-17-4-2-9-29(17)21(26-20(18)27-22(14-30)7-3-8-22)28-10-5-15(6-11-28)19-24-12-16(23)13-25-19/h2,4,9,12-13,15,27,30H,3,5-8,10-11,14H2,1H3/t32-/m0/s1. The van der Waals surface area contributed by atoms with E-state index in [1.54, 1.807) is 18.6 Å². The fourth-order valence-electron chi connectivity index (χ4n) is 4.71. The van der Waals surface area contributed by atoms with Crippen LogP contribution in [0.3, 0.4) is 0 Å². The van der Waals surface area contributed by atoms with Crippen molar-refractivity contribution in [2.45, 2.75) is 48.5 Å². The van der Waals surface area contributed by atoms with Crippen LogP contribution in [0.25, 0.3) is 5.52 Å². The summed E-state index contributed by atoms with van der Waals surface area (Å²) in [5.41, 5.74) is 0.510. The molecule has 3 aromatic rings. The van der Waals surface area contributed by atoms with Crippen LogP contribution in [0.5, 0.6) is 0 Å². The van der Waals surface area contributed by atoms with Crippen LogP contribution in [0.2, 0.25) is 5.02 Å². The van der Waals surface area contributed by atoms with Crippen LogP contribution < -0.4 is 10.2 Å². The van der Waals surface area contributed by atoms with Gasteiger partial charge in [0.1, 0.15) is 16.5 Å². The number of piperidine rings is 1. The Morgan fingerprint density at radius 3 is 2.59 bits per heavy atom. The maximum absolute atomic E-state index is 12.7. The van der Waals surface area contributed by atoms with Crippen LogP contribution in [0, 0.1) is 0 Å². The zero-order valence-electron chi connectivity index (χ0n) is 18.0. The Bertz CT molecular complexity index is 1130. The average molecular weight is 475 g/mol. The lowest BCUT2D eigenvalue weighted by atomic mass is 9.77. The first kappa shape index (κ1) is 21.6. The predicted molar refractivity (Wildman–Crippen MR) is 126 cm³/mol. The van der Waals surface area contributed by atoms with E-state index in [4.69, 9.17) is 16.6 Å². The Balaban J connectivity index is 1.46. The molecule has 0 spiro atoms. The molecule has 0 unspecified atom stereocenters. The number of fused-ring (bicyclic) bond motifs is 1. The van der Waals surface area contributed by atoms with E-state index < -0.39 is 10.8 Å². The zero-order chi connectivity index (χ0) is 22.3. The number of rotatable bonds is 6. The normalized spacial score (nSPS) is 19.7. The second-order valence-corrected chi connectivity index (χ2v) is 10.5. The smallest absolute Gasteiger partial charge is 0.212 e. The third kappa shape index (κ3) is 3.86. The molecular formula is C22H27ClN6O2S. The molecule has 1 aliphatic heterocycles. The number of halogens is 1. The Morgan fingerprint density at radius 2 is 2.00 bits per heavy atom. The second-order valence-electron chi connectivity index (χ2n) is 8.74. The van der Waals surface area contributed by atoms with Crippen LogP contribution in [-0.2, 0) is 10.8 Å². The van der Waals surface area contributed by atoms with Crippen molar-refractivity contribution < 1.29 is 9.32 Å². The fraction of sp³-hybridized carbons (Fsp3) is 0.500. The predicted octanol–water partition coefficient (Wildman–Crippen LogP) is 3.23. The summed E-state index contributed by atoms with van der Waals surface area (Å²) in [6.07, 6.45) is 11.6. The largest absolute Gasteiger partial charge is 0.394 e. The summed E-state index contributed by atoms with van der Waals surface area (Å²) in [5.74, 6) is 2.56. The minimum atomic E-state index is -1.23. The number of aliphatic hydroxyl groups is 1. The molecule has 1 saturated carbocycles. The van der Waals surface area contributed by atoms with Gasteiger partial charge in [-0.15, -0.1) is 0 Å². The molecule has 1 aliphatic carbocycles. The van der Waals surface area contributed by atoms with Gasteiger partial charge >= 0.3 is 0 Å². The summed E-state index contributed by atoms with van der Waals surface area (Å²) in [4.78, 5) is 16.7. The zero-order valence-corrected chi connectivity index (χ0v) is 19.6. The van der Waals surface area contributed by atoms with Gasteiger partial charge in [-0.25, -0.2) is 9.97 Å². The maximum Gasteiger partial charge on any atom is 0.212 e. The van der Waals surface area contributed by atoms with E-state index in [2.05, 4.69) is 20.2 Å². The van der Waals surface area contributed by atoms with Crippen LogP contribution in [0.4, 0.5) is 11.8 Å². The highest BCUT2D eigenvalue weighted by Gasteiger charge is 2.38. The first-order valence-corrected chi connectivity index (χ1v) is 12.9. The Morgan fingerprint density at radius 1 is 1.28 bits per heavy atom. The number of nitrogens with one attached hydrogen (secondary N) is 1.